The smallest absolute Gasteiger partial charge is 0.319 e. The molecule has 24 heavy (non-hydrogen) atoms. The molecule has 5 nitrogen and oxygen atoms in total. The van der Waals surface area contributed by atoms with E-state index in [1.165, 1.54) is 11.3 Å². The molecule has 1 saturated heterocycles. The average Bonchev–Trinajstić information content (AvgIpc) is 3.13. The van der Waals surface area contributed by atoms with Gasteiger partial charge in [0.15, 0.2) is 5.78 Å². The van der Waals surface area contributed by atoms with E-state index in [-0.39, 0.29) is 18.2 Å². The summed E-state index contributed by atoms with van der Waals surface area (Å²) >= 11 is 1.36. The molecule has 0 radical (unpaired) electrons. The second kappa shape index (κ2) is 6.20. The average molecular weight is 342 g/mol. The molecule has 1 aromatic carbocycles. The van der Waals surface area contributed by atoms with Gasteiger partial charge in [0.1, 0.15) is 5.54 Å². The van der Waals surface area contributed by atoms with Crippen molar-refractivity contribution in [3.8, 4) is 0 Å². The number of nitrogens with one attached hydrogen (secondary N) is 1. The minimum atomic E-state index is -1.09. The molecular weight excluding hydrogens is 324 g/mol. The van der Waals surface area contributed by atoms with Gasteiger partial charge in [-0.05, 0) is 31.0 Å². The van der Waals surface area contributed by atoms with Crippen LogP contribution in [0.1, 0.15) is 33.5 Å². The molecular formula is C18H18N2O3S. The van der Waals surface area contributed by atoms with Crippen LogP contribution in [0.15, 0.2) is 42.5 Å². The van der Waals surface area contributed by atoms with E-state index in [1.807, 2.05) is 50.2 Å². The number of rotatable bonds is 5. The Balaban J connectivity index is 1.87. The number of Topliss-reactive ketones (excluding diaryl/α,β-unsaturated/α-hetero) is 1. The highest BCUT2D eigenvalue weighted by atomic mass is 32.1. The van der Waals surface area contributed by atoms with Gasteiger partial charge in [0.05, 0.1) is 11.4 Å². The van der Waals surface area contributed by atoms with E-state index in [2.05, 4.69) is 5.32 Å². The second-order valence-corrected chi connectivity index (χ2v) is 7.07. The third-order valence-electron chi connectivity index (χ3n) is 4.29. The lowest BCUT2D eigenvalue weighted by Crippen LogP contribution is -2.43. The van der Waals surface area contributed by atoms with Crippen LogP contribution >= 0.6 is 11.3 Å². The molecule has 1 atom stereocenters. The molecule has 1 fully saturated rings. The highest BCUT2D eigenvalue weighted by molar-refractivity contribution is 7.14. The van der Waals surface area contributed by atoms with Crippen molar-refractivity contribution < 1.29 is 14.4 Å². The van der Waals surface area contributed by atoms with E-state index in [9.17, 15) is 14.4 Å². The van der Waals surface area contributed by atoms with Crippen molar-refractivity contribution in [2.45, 2.75) is 25.8 Å². The first-order valence-electron chi connectivity index (χ1n) is 7.77. The summed E-state index contributed by atoms with van der Waals surface area (Å²) in [5, 5.41) is 2.78. The summed E-state index contributed by atoms with van der Waals surface area (Å²) in [4.78, 5) is 40.3. The maximum Gasteiger partial charge on any atom is 0.325 e. The number of nitrogens with zero attached hydrogens (tertiary/aromatic N) is 1. The summed E-state index contributed by atoms with van der Waals surface area (Å²) in [6, 6.07) is 12.2. The number of urea groups is 1. The van der Waals surface area contributed by atoms with Gasteiger partial charge in [0.2, 0.25) is 0 Å². The monoisotopic (exact) mass is 342 g/mol. The lowest BCUT2D eigenvalue weighted by Gasteiger charge is -2.25. The summed E-state index contributed by atoms with van der Waals surface area (Å²) in [5.41, 5.74) is -0.364. The maximum atomic E-state index is 12.9. The van der Waals surface area contributed by atoms with Crippen LogP contribution in [0.5, 0.6) is 0 Å². The Morgan fingerprint density at radius 3 is 2.46 bits per heavy atom. The van der Waals surface area contributed by atoms with Gasteiger partial charge in [-0.1, -0.05) is 37.3 Å². The molecule has 6 heteroatoms. The number of hydrogen-bond donors (Lipinski definition) is 1. The van der Waals surface area contributed by atoms with Crippen LogP contribution in [0.4, 0.5) is 4.79 Å². The zero-order chi connectivity index (χ0) is 17.3. The summed E-state index contributed by atoms with van der Waals surface area (Å²) < 4.78 is 0. The Bertz CT molecular complexity index is 800. The van der Waals surface area contributed by atoms with Crippen molar-refractivity contribution in [3.05, 3.63) is 57.8 Å². The first kappa shape index (κ1) is 16.4. The quantitative estimate of drug-likeness (QED) is 0.671. The van der Waals surface area contributed by atoms with Gasteiger partial charge >= 0.3 is 6.03 Å². The number of aryl methyl sites for hydroxylation is 1. The molecule has 124 valence electrons. The van der Waals surface area contributed by atoms with E-state index in [1.54, 1.807) is 6.07 Å². The van der Waals surface area contributed by atoms with E-state index >= 15 is 0 Å². The molecule has 0 aliphatic carbocycles. The van der Waals surface area contributed by atoms with Crippen molar-refractivity contribution in [2.75, 3.05) is 6.54 Å². The number of benzene rings is 1. The number of imide groups is 1. The summed E-state index contributed by atoms with van der Waals surface area (Å²) in [6.45, 7) is 3.52. The fraction of sp³-hybridized carbons (Fsp3) is 0.278. The Hall–Kier alpha value is -2.47. The van der Waals surface area contributed by atoms with Crippen molar-refractivity contribution in [2.24, 2.45) is 0 Å². The number of thiophene rings is 1. The Labute approximate surface area is 144 Å². The minimum absolute atomic E-state index is 0.225. The Morgan fingerprint density at radius 1 is 1.17 bits per heavy atom. The Morgan fingerprint density at radius 2 is 1.88 bits per heavy atom. The van der Waals surface area contributed by atoms with Gasteiger partial charge in [-0.3, -0.25) is 14.5 Å². The third-order valence-corrected chi connectivity index (χ3v) is 5.33. The summed E-state index contributed by atoms with van der Waals surface area (Å²) in [6.07, 6.45) is 0.421. The highest BCUT2D eigenvalue weighted by Gasteiger charge is 2.51. The van der Waals surface area contributed by atoms with Crippen LogP contribution in [0.25, 0.3) is 0 Å². The fourth-order valence-electron chi connectivity index (χ4n) is 2.94. The summed E-state index contributed by atoms with van der Waals surface area (Å²) in [7, 11) is 0. The molecule has 3 amide bonds. The first-order valence-corrected chi connectivity index (χ1v) is 8.59. The van der Waals surface area contributed by atoms with Crippen LogP contribution in [0.3, 0.4) is 0 Å². The highest BCUT2D eigenvalue weighted by Crippen LogP contribution is 2.32. The number of amides is 3. The van der Waals surface area contributed by atoms with Crippen LogP contribution in [-0.4, -0.2) is 29.2 Å². The second-order valence-electron chi connectivity index (χ2n) is 5.78. The molecule has 1 aliphatic rings. The molecule has 2 heterocycles. The molecule has 0 spiro atoms. The molecule has 0 unspecified atom stereocenters. The number of hydrogen-bond acceptors (Lipinski definition) is 4. The lowest BCUT2D eigenvalue weighted by molar-refractivity contribution is -0.131. The van der Waals surface area contributed by atoms with E-state index in [0.29, 0.717) is 11.3 Å². The van der Waals surface area contributed by atoms with Crippen molar-refractivity contribution in [1.82, 2.24) is 10.2 Å². The standard InChI is InChI=1S/C18H18N2O3S/c1-3-18(13-7-5-4-6-8-13)16(22)20(17(23)19-18)11-14(21)15-10-9-12(2)24-15/h4-10H,3,11H2,1-2H3,(H,19,23)/t18-/m0/s1. The zero-order valence-corrected chi connectivity index (χ0v) is 14.4. The van der Waals surface area contributed by atoms with Gasteiger partial charge in [-0.2, -0.15) is 0 Å². The zero-order valence-electron chi connectivity index (χ0n) is 13.5. The maximum absolute atomic E-state index is 12.9. The molecule has 3 rings (SSSR count). The predicted octanol–water partition coefficient (Wildman–Crippen LogP) is 3.10. The predicted molar refractivity (Wildman–Crippen MR) is 92.0 cm³/mol. The molecule has 1 aromatic heterocycles. The van der Waals surface area contributed by atoms with E-state index in [0.717, 1.165) is 15.3 Å². The SMILES string of the molecule is CC[C@@]1(c2ccccc2)NC(=O)N(CC(=O)c2ccc(C)s2)C1=O. The lowest BCUT2D eigenvalue weighted by atomic mass is 9.87. The molecule has 0 bridgehead atoms. The van der Waals surface area contributed by atoms with Gasteiger partial charge in [0, 0.05) is 4.88 Å². The topological polar surface area (TPSA) is 66.5 Å². The van der Waals surface area contributed by atoms with Gasteiger partial charge < -0.3 is 5.32 Å². The summed E-state index contributed by atoms with van der Waals surface area (Å²) in [5.74, 6) is -0.598. The number of carbonyl (C=O) groups excluding carboxylic acids is 3. The van der Waals surface area contributed by atoms with E-state index in [4.69, 9.17) is 0 Å². The number of carbonyl (C=O) groups is 3. The third kappa shape index (κ3) is 2.63. The van der Waals surface area contributed by atoms with Crippen LogP contribution in [-0.2, 0) is 10.3 Å². The largest absolute Gasteiger partial charge is 0.325 e. The van der Waals surface area contributed by atoms with Crippen molar-refractivity contribution in [1.29, 1.82) is 0 Å². The van der Waals surface area contributed by atoms with E-state index < -0.39 is 11.6 Å². The van der Waals surface area contributed by atoms with Crippen LogP contribution in [0.2, 0.25) is 0 Å². The van der Waals surface area contributed by atoms with Gasteiger partial charge in [0.25, 0.3) is 5.91 Å². The van der Waals surface area contributed by atoms with Crippen molar-refractivity contribution >= 4 is 29.1 Å². The van der Waals surface area contributed by atoms with Crippen LogP contribution in [0, 0.1) is 6.92 Å². The minimum Gasteiger partial charge on any atom is -0.319 e. The van der Waals surface area contributed by atoms with Gasteiger partial charge in [-0.15, -0.1) is 11.3 Å². The molecule has 1 aliphatic heterocycles. The normalized spacial score (nSPS) is 20.3. The Kier molecular flexibility index (Phi) is 4.24. The van der Waals surface area contributed by atoms with Gasteiger partial charge in [-0.25, -0.2) is 4.79 Å². The number of ketones is 1. The van der Waals surface area contributed by atoms with Crippen LogP contribution < -0.4 is 5.32 Å². The molecule has 1 N–H and O–H groups in total. The molecule has 0 saturated carbocycles. The first-order chi connectivity index (χ1) is 11.5. The fourth-order valence-corrected chi connectivity index (χ4v) is 3.74. The molecule has 2 aromatic rings. The van der Waals surface area contributed by atoms with Crippen molar-refractivity contribution in [3.63, 3.8) is 0 Å².